The topological polar surface area (TPSA) is 102 Å². The number of hydrogen-bond donors (Lipinski definition) is 1. The average Bonchev–Trinajstić information content (AvgIpc) is 3.59. The minimum atomic E-state index is -3.12. The lowest BCUT2D eigenvalue weighted by Crippen LogP contribution is -2.46. The summed E-state index contributed by atoms with van der Waals surface area (Å²) in [4.78, 5) is 26.8. The molecule has 3 atom stereocenters. The van der Waals surface area contributed by atoms with E-state index >= 15 is 0 Å². The molecule has 1 N–H and O–H groups in total. The van der Waals surface area contributed by atoms with Crippen LogP contribution in [0.15, 0.2) is 40.9 Å². The Balaban J connectivity index is 1.26. The number of halogens is 4. The van der Waals surface area contributed by atoms with Crippen molar-refractivity contribution in [2.75, 3.05) is 4.90 Å². The van der Waals surface area contributed by atoms with E-state index in [1.807, 2.05) is 4.90 Å². The van der Waals surface area contributed by atoms with E-state index in [0.29, 0.717) is 24.3 Å². The largest absolute Gasteiger partial charge is 0.478 e. The zero-order valence-corrected chi connectivity index (χ0v) is 21.7. The second kappa shape index (κ2) is 10.3. The van der Waals surface area contributed by atoms with Crippen LogP contribution in [-0.2, 0) is 4.74 Å². The molecule has 1 unspecified atom stereocenters. The zero-order valence-electron chi connectivity index (χ0n) is 21.0. The lowest BCUT2D eigenvalue weighted by Gasteiger charge is -2.40. The molecule has 0 spiro atoms. The van der Waals surface area contributed by atoms with Gasteiger partial charge in [-0.3, -0.25) is 0 Å². The van der Waals surface area contributed by atoms with E-state index in [2.05, 4.69) is 9.89 Å². The van der Waals surface area contributed by atoms with Crippen LogP contribution < -0.4 is 9.64 Å². The number of benzene rings is 2. The van der Waals surface area contributed by atoms with Crippen molar-refractivity contribution < 1.29 is 41.9 Å². The van der Waals surface area contributed by atoms with Gasteiger partial charge < -0.3 is 24.0 Å². The summed E-state index contributed by atoms with van der Waals surface area (Å²) in [6.07, 6.45) is 3.48. The van der Waals surface area contributed by atoms with Crippen LogP contribution >= 0.6 is 11.6 Å². The first-order chi connectivity index (χ1) is 19.2. The Bertz CT molecular complexity index is 1460. The summed E-state index contributed by atoms with van der Waals surface area (Å²) < 4.78 is 57.2. The molecule has 2 aromatic carbocycles. The third-order valence-corrected chi connectivity index (χ3v) is 8.05. The highest BCUT2D eigenvalue weighted by molar-refractivity contribution is 6.33. The first-order valence-electron chi connectivity index (χ1n) is 13.0. The molecule has 2 aliphatic heterocycles. The number of nitrogens with zero attached hydrogens (tertiary/aromatic N) is 2. The van der Waals surface area contributed by atoms with Crippen LogP contribution in [0.25, 0.3) is 11.3 Å². The fourth-order valence-electron chi connectivity index (χ4n) is 5.90. The van der Waals surface area contributed by atoms with Crippen molar-refractivity contribution in [3.63, 3.8) is 0 Å². The molecule has 3 aromatic rings. The molecule has 2 bridgehead atoms. The van der Waals surface area contributed by atoms with Crippen LogP contribution in [0.1, 0.15) is 70.9 Å². The number of fused-ring (bicyclic) bond motifs is 2. The standard InChI is InChI=1S/C28H24ClF3N2O6/c29-18-2-1-3-21(39-28(31)32)22(18)24-23(25(40-33-24)13-4-5-13)27(37)38-17-11-15-7-8-16(12-17)34(15)20-9-6-14(26(35)36)10-19(20)30/h1-3,6,9-10,13,15-17,28H,4-5,7-8,11-12H2,(H,35,36)/t15-,16+,17?. The first-order valence-corrected chi connectivity index (χ1v) is 13.3. The molecule has 3 fully saturated rings. The molecule has 1 aromatic heterocycles. The Morgan fingerprint density at radius 2 is 1.82 bits per heavy atom. The number of piperidine rings is 1. The second-order valence-corrected chi connectivity index (χ2v) is 10.7. The lowest BCUT2D eigenvalue weighted by molar-refractivity contribution is -0.0494. The van der Waals surface area contributed by atoms with E-state index in [1.54, 1.807) is 0 Å². The van der Waals surface area contributed by atoms with Gasteiger partial charge in [0.15, 0.2) is 5.76 Å². The van der Waals surface area contributed by atoms with Gasteiger partial charge in [0.1, 0.15) is 28.9 Å². The number of rotatable bonds is 8. The normalized spacial score (nSPS) is 22.0. The third kappa shape index (κ3) is 4.87. The van der Waals surface area contributed by atoms with E-state index in [1.165, 1.54) is 30.3 Å². The molecule has 1 aliphatic carbocycles. The molecule has 3 aliphatic rings. The highest BCUT2D eigenvalue weighted by atomic mass is 35.5. The van der Waals surface area contributed by atoms with E-state index in [-0.39, 0.29) is 51.2 Å². The van der Waals surface area contributed by atoms with Gasteiger partial charge in [-0.1, -0.05) is 22.8 Å². The van der Waals surface area contributed by atoms with Gasteiger partial charge in [-0.25, -0.2) is 14.0 Å². The molecule has 2 saturated heterocycles. The molecule has 12 heteroatoms. The number of alkyl halides is 2. The van der Waals surface area contributed by atoms with Gasteiger partial charge in [-0.15, -0.1) is 0 Å². The number of esters is 1. The van der Waals surface area contributed by atoms with Crippen LogP contribution in [-0.4, -0.2) is 47.0 Å². The van der Waals surface area contributed by atoms with Crippen molar-refractivity contribution in [2.45, 2.75) is 69.2 Å². The Hall–Kier alpha value is -3.73. The van der Waals surface area contributed by atoms with Crippen LogP contribution in [0.5, 0.6) is 5.75 Å². The van der Waals surface area contributed by atoms with Crippen LogP contribution in [0.3, 0.4) is 0 Å². The zero-order chi connectivity index (χ0) is 28.1. The van der Waals surface area contributed by atoms with E-state index in [0.717, 1.165) is 31.7 Å². The van der Waals surface area contributed by atoms with Crippen molar-refractivity contribution in [3.05, 3.63) is 64.1 Å². The fraction of sp³-hybridized carbons (Fsp3) is 0.393. The second-order valence-electron chi connectivity index (χ2n) is 10.3. The predicted molar refractivity (Wildman–Crippen MR) is 137 cm³/mol. The molecular formula is C28H24ClF3N2O6. The van der Waals surface area contributed by atoms with Crippen LogP contribution in [0.2, 0.25) is 5.02 Å². The number of aromatic carboxylic acids is 1. The maximum atomic E-state index is 14.9. The summed E-state index contributed by atoms with van der Waals surface area (Å²) in [5.41, 5.74) is 0.232. The smallest absolute Gasteiger partial charge is 0.387 e. The fourth-order valence-corrected chi connectivity index (χ4v) is 6.15. The molecule has 0 radical (unpaired) electrons. The van der Waals surface area contributed by atoms with Gasteiger partial charge in [0.25, 0.3) is 0 Å². The Kier molecular flexibility index (Phi) is 6.85. The number of carbonyl (C=O) groups excluding carboxylic acids is 1. The summed E-state index contributed by atoms with van der Waals surface area (Å²) in [5.74, 6) is -2.48. The first kappa shape index (κ1) is 26.5. The molecule has 8 nitrogen and oxygen atoms in total. The number of ether oxygens (including phenoxy) is 2. The summed E-state index contributed by atoms with van der Waals surface area (Å²) in [5, 5.41) is 13.3. The molecule has 40 heavy (non-hydrogen) atoms. The number of carboxylic acid groups (broad SMARTS) is 1. The molecule has 3 heterocycles. The summed E-state index contributed by atoms with van der Waals surface area (Å²) in [6.45, 7) is -3.12. The maximum Gasteiger partial charge on any atom is 0.387 e. The van der Waals surface area contributed by atoms with E-state index in [4.69, 9.17) is 26.0 Å². The van der Waals surface area contributed by atoms with E-state index < -0.39 is 30.5 Å². The van der Waals surface area contributed by atoms with Crippen molar-refractivity contribution in [2.24, 2.45) is 0 Å². The van der Waals surface area contributed by atoms with Gasteiger partial charge in [0.05, 0.1) is 21.8 Å². The highest BCUT2D eigenvalue weighted by Crippen LogP contribution is 2.47. The highest BCUT2D eigenvalue weighted by Gasteiger charge is 2.44. The quantitative estimate of drug-likeness (QED) is 0.297. The Morgan fingerprint density at radius 3 is 2.45 bits per heavy atom. The predicted octanol–water partition coefficient (Wildman–Crippen LogP) is 6.67. The minimum Gasteiger partial charge on any atom is -0.478 e. The van der Waals surface area contributed by atoms with Gasteiger partial charge in [-0.05, 0) is 56.0 Å². The summed E-state index contributed by atoms with van der Waals surface area (Å²) in [6, 6.07) is 7.88. The summed E-state index contributed by atoms with van der Waals surface area (Å²) in [7, 11) is 0. The number of carboxylic acids is 1. The molecule has 0 amide bonds. The number of hydrogen-bond acceptors (Lipinski definition) is 7. The van der Waals surface area contributed by atoms with Gasteiger partial charge in [0, 0.05) is 30.8 Å². The van der Waals surface area contributed by atoms with Crippen molar-refractivity contribution in [1.29, 1.82) is 0 Å². The van der Waals surface area contributed by atoms with Gasteiger partial charge in [-0.2, -0.15) is 8.78 Å². The SMILES string of the molecule is O=C(O)c1ccc(N2[C@@H]3CC[C@H]2CC(OC(=O)c2c(-c4c(Cl)cccc4OC(F)F)noc2C2CC2)C3)c(F)c1. The maximum absolute atomic E-state index is 14.9. The average molecular weight is 577 g/mol. The van der Waals surface area contributed by atoms with Gasteiger partial charge >= 0.3 is 18.6 Å². The summed E-state index contributed by atoms with van der Waals surface area (Å²) >= 11 is 6.35. The lowest BCUT2D eigenvalue weighted by atomic mass is 9.98. The van der Waals surface area contributed by atoms with Crippen molar-refractivity contribution >= 4 is 29.2 Å². The molecule has 1 saturated carbocycles. The molecule has 6 rings (SSSR count). The van der Waals surface area contributed by atoms with Crippen molar-refractivity contribution in [1.82, 2.24) is 5.16 Å². The van der Waals surface area contributed by atoms with Crippen molar-refractivity contribution in [3.8, 4) is 17.0 Å². The third-order valence-electron chi connectivity index (χ3n) is 7.74. The number of anilines is 1. The Morgan fingerprint density at radius 1 is 1.10 bits per heavy atom. The van der Waals surface area contributed by atoms with E-state index in [9.17, 15) is 22.8 Å². The Labute approximate surface area is 231 Å². The molecule has 210 valence electrons. The monoisotopic (exact) mass is 576 g/mol. The number of aromatic nitrogens is 1. The van der Waals surface area contributed by atoms with Crippen LogP contribution in [0, 0.1) is 5.82 Å². The number of carbonyl (C=O) groups is 2. The molecular weight excluding hydrogens is 553 g/mol. The minimum absolute atomic E-state index is 0.0160. The van der Waals surface area contributed by atoms with Crippen LogP contribution in [0.4, 0.5) is 18.9 Å². The van der Waals surface area contributed by atoms with Gasteiger partial charge in [0.2, 0.25) is 0 Å².